The van der Waals surface area contributed by atoms with Crippen LogP contribution >= 0.6 is 11.6 Å². The summed E-state index contributed by atoms with van der Waals surface area (Å²) in [7, 11) is 0. The van der Waals surface area contributed by atoms with E-state index in [-0.39, 0.29) is 35.0 Å². The Morgan fingerprint density at radius 3 is 1.88 bits per heavy atom. The highest BCUT2D eigenvalue weighted by Gasteiger charge is 2.21. The number of anilines is 2. The number of ether oxygens (including phenoxy) is 3. The zero-order valence-electron chi connectivity index (χ0n) is 30.2. The molecule has 0 spiro atoms. The van der Waals surface area contributed by atoms with Gasteiger partial charge >= 0.3 is 18.2 Å². The number of nitrogens with one attached hydrogen (secondary N) is 3. The second-order valence-corrected chi connectivity index (χ2v) is 15.3. The summed E-state index contributed by atoms with van der Waals surface area (Å²) in [5, 5.41) is 8.51. The van der Waals surface area contributed by atoms with Gasteiger partial charge in [0.25, 0.3) is 0 Å². The highest BCUT2D eigenvalue weighted by atomic mass is 35.5. The van der Waals surface area contributed by atoms with E-state index in [1.54, 1.807) is 65.8 Å². The van der Waals surface area contributed by atoms with E-state index < -0.39 is 29.4 Å². The number of carbonyl (C=O) groups excluding carboxylic acids is 4. The van der Waals surface area contributed by atoms with Gasteiger partial charge in [-0.1, -0.05) is 50.6 Å². The molecule has 3 rings (SSSR count). The van der Waals surface area contributed by atoms with Crippen LogP contribution in [0.25, 0.3) is 0 Å². The second-order valence-electron chi connectivity index (χ2n) is 14.9. The van der Waals surface area contributed by atoms with Crippen LogP contribution < -0.4 is 20.7 Å². The summed E-state index contributed by atoms with van der Waals surface area (Å²) in [6, 6.07) is 18.8. The molecule has 0 aliphatic heterocycles. The molecule has 3 aromatic rings. The average molecular weight is 707 g/mol. The number of benzene rings is 3. The Hall–Kier alpha value is -4.90. The number of alkyl carbamates (subject to hydrolysis) is 1. The van der Waals surface area contributed by atoms with Crippen molar-refractivity contribution in [2.24, 2.45) is 10.4 Å². The van der Waals surface area contributed by atoms with Crippen LogP contribution in [0.15, 0.2) is 71.7 Å². The lowest BCUT2D eigenvalue weighted by Gasteiger charge is -2.21. The van der Waals surface area contributed by atoms with Crippen LogP contribution in [0, 0.1) is 5.41 Å². The number of hydrogen-bond donors (Lipinski definition) is 3. The first-order valence-corrected chi connectivity index (χ1v) is 16.6. The third-order valence-corrected chi connectivity index (χ3v) is 6.78. The monoisotopic (exact) mass is 706 g/mol. The van der Waals surface area contributed by atoms with Crippen molar-refractivity contribution in [1.29, 1.82) is 0 Å². The smallest absolute Gasteiger partial charge is 0.437 e. The Morgan fingerprint density at radius 2 is 1.32 bits per heavy atom. The van der Waals surface area contributed by atoms with Gasteiger partial charge in [0.2, 0.25) is 11.9 Å². The molecule has 0 saturated carbocycles. The molecular formula is C38H47ClN4O7. The fourth-order valence-electron chi connectivity index (χ4n) is 4.44. The summed E-state index contributed by atoms with van der Waals surface area (Å²) in [6.07, 6.45) is -0.196. The number of amides is 3. The molecule has 11 nitrogen and oxygen atoms in total. The standard InChI is InChI=1S/C38H47ClN4O7/c1-36(2,3)23-24-10-16-27(17-11-24)40-31(44)21-15-25-14-20-29(22-30(25)39)48-32(45)26-12-18-28(19-13-26)41-33(42-34(46)49-37(4,5)6)43-35(47)50-38(7,8)9/h10-14,16-20,22H,15,21,23H2,1-9H3,(H,40,44)(H2,41,42,43,46,47). The van der Waals surface area contributed by atoms with E-state index in [2.05, 4.69) is 41.7 Å². The molecule has 0 unspecified atom stereocenters. The largest absolute Gasteiger partial charge is 0.444 e. The van der Waals surface area contributed by atoms with Crippen molar-refractivity contribution < 1.29 is 33.4 Å². The van der Waals surface area contributed by atoms with E-state index in [0.717, 1.165) is 17.7 Å². The van der Waals surface area contributed by atoms with Gasteiger partial charge in [0.05, 0.1) is 5.56 Å². The van der Waals surface area contributed by atoms with Crippen LogP contribution in [0.4, 0.5) is 21.0 Å². The van der Waals surface area contributed by atoms with Gasteiger partial charge in [-0.2, -0.15) is 0 Å². The lowest BCUT2D eigenvalue weighted by Crippen LogP contribution is -2.40. The van der Waals surface area contributed by atoms with E-state index in [4.69, 9.17) is 25.8 Å². The lowest BCUT2D eigenvalue weighted by molar-refractivity contribution is -0.116. The van der Waals surface area contributed by atoms with Crippen molar-refractivity contribution >= 4 is 53.0 Å². The topological polar surface area (TPSA) is 144 Å². The van der Waals surface area contributed by atoms with Crippen LogP contribution in [-0.4, -0.2) is 41.2 Å². The summed E-state index contributed by atoms with van der Waals surface area (Å²) in [5.41, 5.74) is 1.89. The van der Waals surface area contributed by atoms with Crippen molar-refractivity contribution in [3.8, 4) is 5.75 Å². The number of aryl methyl sites for hydroxylation is 1. The summed E-state index contributed by atoms with van der Waals surface area (Å²) < 4.78 is 16.0. The van der Waals surface area contributed by atoms with Crippen molar-refractivity contribution in [2.45, 2.75) is 92.8 Å². The van der Waals surface area contributed by atoms with Gasteiger partial charge in [-0.25, -0.2) is 14.4 Å². The maximum Gasteiger partial charge on any atom is 0.437 e. The number of aliphatic imine (C=N–C) groups is 1. The van der Waals surface area contributed by atoms with E-state index in [0.29, 0.717) is 17.1 Å². The number of nitrogens with zero attached hydrogens (tertiary/aromatic N) is 1. The van der Waals surface area contributed by atoms with Crippen LogP contribution in [0.3, 0.4) is 0 Å². The van der Waals surface area contributed by atoms with Gasteiger partial charge in [0.15, 0.2) is 0 Å². The minimum Gasteiger partial charge on any atom is -0.444 e. The molecule has 268 valence electrons. The van der Waals surface area contributed by atoms with E-state index in [9.17, 15) is 19.2 Å². The predicted molar refractivity (Wildman–Crippen MR) is 196 cm³/mol. The Bertz CT molecular complexity index is 1700. The van der Waals surface area contributed by atoms with Crippen molar-refractivity contribution in [2.75, 3.05) is 10.6 Å². The Labute approximate surface area is 299 Å². The molecule has 0 bridgehead atoms. The molecule has 0 aliphatic rings. The molecular weight excluding hydrogens is 660 g/mol. The van der Waals surface area contributed by atoms with Crippen LogP contribution in [0.1, 0.15) is 90.2 Å². The zero-order valence-corrected chi connectivity index (χ0v) is 30.9. The Balaban J connectivity index is 1.58. The summed E-state index contributed by atoms with van der Waals surface area (Å²) in [6.45, 7) is 16.7. The zero-order chi connectivity index (χ0) is 37.3. The molecule has 12 heteroatoms. The Morgan fingerprint density at radius 1 is 0.740 bits per heavy atom. The third kappa shape index (κ3) is 14.7. The summed E-state index contributed by atoms with van der Waals surface area (Å²) in [5.74, 6) is -0.773. The van der Waals surface area contributed by atoms with E-state index >= 15 is 0 Å². The number of guanidine groups is 1. The molecule has 50 heavy (non-hydrogen) atoms. The number of esters is 1. The normalized spacial score (nSPS) is 12.1. The number of rotatable bonds is 8. The maximum absolute atomic E-state index is 12.9. The number of halogens is 1. The molecule has 3 amide bonds. The predicted octanol–water partition coefficient (Wildman–Crippen LogP) is 8.95. The molecule has 0 saturated heterocycles. The first-order valence-electron chi connectivity index (χ1n) is 16.2. The highest BCUT2D eigenvalue weighted by Crippen LogP contribution is 2.26. The van der Waals surface area contributed by atoms with Gasteiger partial charge < -0.3 is 24.8 Å². The fraction of sp³-hybridized carbons (Fsp3) is 0.395. The van der Waals surface area contributed by atoms with Crippen LogP contribution in [0.2, 0.25) is 5.02 Å². The van der Waals surface area contributed by atoms with Crippen molar-refractivity contribution in [3.63, 3.8) is 0 Å². The maximum atomic E-state index is 12.9. The number of hydrogen-bond acceptors (Lipinski definition) is 7. The average Bonchev–Trinajstić information content (AvgIpc) is 2.95. The molecule has 0 atom stereocenters. The van der Waals surface area contributed by atoms with Gasteiger partial charge in [-0.3, -0.25) is 10.1 Å². The fourth-order valence-corrected chi connectivity index (χ4v) is 4.71. The van der Waals surface area contributed by atoms with Crippen molar-refractivity contribution in [3.05, 3.63) is 88.4 Å². The van der Waals surface area contributed by atoms with Gasteiger partial charge in [0.1, 0.15) is 17.0 Å². The minimum absolute atomic E-state index is 0.137. The number of carbonyl (C=O) groups is 4. The SMILES string of the molecule is CC(C)(C)Cc1ccc(NC(=O)CCc2ccc(OC(=O)c3ccc(N/C(=N\C(=O)OC(C)(C)C)NC(=O)OC(C)(C)C)cc3)cc2Cl)cc1. The molecule has 0 heterocycles. The highest BCUT2D eigenvalue weighted by molar-refractivity contribution is 6.31. The van der Waals surface area contributed by atoms with Gasteiger partial charge in [-0.05, 0) is 119 Å². The third-order valence-electron chi connectivity index (χ3n) is 6.43. The molecule has 0 fully saturated rings. The van der Waals surface area contributed by atoms with Crippen LogP contribution in [-0.2, 0) is 27.1 Å². The molecule has 3 aromatic carbocycles. The van der Waals surface area contributed by atoms with Gasteiger partial charge in [0, 0.05) is 22.8 Å². The molecule has 3 N–H and O–H groups in total. The van der Waals surface area contributed by atoms with Crippen molar-refractivity contribution in [1.82, 2.24) is 5.32 Å². The molecule has 0 radical (unpaired) electrons. The first-order chi connectivity index (χ1) is 23.1. The second kappa shape index (κ2) is 16.7. The minimum atomic E-state index is -0.929. The van der Waals surface area contributed by atoms with E-state index in [1.165, 1.54) is 23.8 Å². The first kappa shape index (κ1) is 39.5. The quantitative estimate of drug-likeness (QED) is 0.0911. The summed E-state index contributed by atoms with van der Waals surface area (Å²) in [4.78, 5) is 54.0. The van der Waals surface area contributed by atoms with E-state index in [1.807, 2.05) is 24.3 Å². The molecule has 0 aromatic heterocycles. The molecule has 0 aliphatic carbocycles. The Kier molecular flexibility index (Phi) is 13.2. The van der Waals surface area contributed by atoms with Crippen LogP contribution in [0.5, 0.6) is 5.75 Å². The summed E-state index contributed by atoms with van der Waals surface area (Å²) >= 11 is 6.47. The van der Waals surface area contributed by atoms with Gasteiger partial charge in [-0.15, -0.1) is 4.99 Å². The lowest BCUT2D eigenvalue weighted by atomic mass is 9.88.